The number of aldehydes is 1. The van der Waals surface area contributed by atoms with Gasteiger partial charge in [0.2, 0.25) is 0 Å². The largest absolute Gasteiger partial charge is 0.465 e. The molecule has 5 heteroatoms. The molecule has 0 spiro atoms. The quantitative estimate of drug-likeness (QED) is 0.567. The van der Waals surface area contributed by atoms with Crippen molar-refractivity contribution >= 4 is 23.9 Å². The van der Waals surface area contributed by atoms with Gasteiger partial charge in [0, 0.05) is 5.56 Å². The number of methoxy groups -OCH3 is 1. The van der Waals surface area contributed by atoms with Gasteiger partial charge in [-0.15, -0.1) is 0 Å². The van der Waals surface area contributed by atoms with Gasteiger partial charge in [-0.1, -0.05) is 11.6 Å². The van der Waals surface area contributed by atoms with Crippen LogP contribution in [0.5, 0.6) is 0 Å². The number of hydrogen-bond acceptors (Lipinski definition) is 4. The summed E-state index contributed by atoms with van der Waals surface area (Å²) in [5, 5.41) is 8.63. The van der Waals surface area contributed by atoms with Gasteiger partial charge in [0.15, 0.2) is 6.29 Å². The minimum Gasteiger partial charge on any atom is -0.465 e. The molecule has 0 N–H and O–H groups in total. The smallest absolute Gasteiger partial charge is 0.338 e. The zero-order valence-corrected chi connectivity index (χ0v) is 8.54. The number of esters is 1. The van der Waals surface area contributed by atoms with Crippen molar-refractivity contribution in [1.29, 1.82) is 5.26 Å². The van der Waals surface area contributed by atoms with Crippen molar-refractivity contribution in [2.75, 3.05) is 7.11 Å². The third-order valence-corrected chi connectivity index (χ3v) is 2.23. The van der Waals surface area contributed by atoms with Crippen LogP contribution in [0.2, 0.25) is 5.02 Å². The van der Waals surface area contributed by atoms with Crippen LogP contribution in [0.1, 0.15) is 26.3 Å². The van der Waals surface area contributed by atoms with Gasteiger partial charge in [0.05, 0.1) is 23.3 Å². The molecule has 0 atom stereocenters. The Bertz CT molecular complexity index is 462. The molecule has 1 rings (SSSR count). The van der Waals surface area contributed by atoms with Crippen LogP contribution >= 0.6 is 11.6 Å². The van der Waals surface area contributed by atoms with Gasteiger partial charge in [-0.05, 0) is 12.1 Å². The maximum Gasteiger partial charge on any atom is 0.338 e. The number of carbonyl (C=O) groups excluding carboxylic acids is 2. The summed E-state index contributed by atoms with van der Waals surface area (Å²) >= 11 is 5.75. The lowest BCUT2D eigenvalue weighted by Crippen LogP contribution is -2.06. The molecule has 0 aliphatic carbocycles. The molecular formula is C10H6ClNO3. The van der Waals surface area contributed by atoms with E-state index in [0.29, 0.717) is 6.29 Å². The van der Waals surface area contributed by atoms with Crippen LogP contribution < -0.4 is 0 Å². The van der Waals surface area contributed by atoms with Crippen molar-refractivity contribution in [3.8, 4) is 6.07 Å². The fourth-order valence-corrected chi connectivity index (χ4v) is 1.33. The molecule has 76 valence electrons. The van der Waals surface area contributed by atoms with Gasteiger partial charge < -0.3 is 4.74 Å². The fourth-order valence-electron chi connectivity index (χ4n) is 1.08. The first-order valence-corrected chi connectivity index (χ1v) is 4.29. The number of halogens is 1. The molecule has 0 unspecified atom stereocenters. The Morgan fingerprint density at radius 3 is 2.73 bits per heavy atom. The molecule has 0 saturated heterocycles. The summed E-state index contributed by atoms with van der Waals surface area (Å²) in [6.45, 7) is 0. The van der Waals surface area contributed by atoms with Crippen LogP contribution in [-0.2, 0) is 4.74 Å². The minimum atomic E-state index is -0.663. The number of ether oxygens (including phenoxy) is 1. The molecular weight excluding hydrogens is 218 g/mol. The molecule has 0 heterocycles. The van der Waals surface area contributed by atoms with Gasteiger partial charge in [0.1, 0.15) is 6.07 Å². The Labute approximate surface area is 91.0 Å². The van der Waals surface area contributed by atoms with Crippen molar-refractivity contribution in [2.24, 2.45) is 0 Å². The van der Waals surface area contributed by atoms with E-state index in [2.05, 4.69) is 4.74 Å². The van der Waals surface area contributed by atoms with E-state index in [1.54, 1.807) is 0 Å². The van der Waals surface area contributed by atoms with E-state index >= 15 is 0 Å². The summed E-state index contributed by atoms with van der Waals surface area (Å²) in [6.07, 6.45) is 0.426. The maximum absolute atomic E-state index is 11.2. The second kappa shape index (κ2) is 4.58. The van der Waals surface area contributed by atoms with Gasteiger partial charge >= 0.3 is 5.97 Å². The Kier molecular flexibility index (Phi) is 3.42. The van der Waals surface area contributed by atoms with E-state index in [1.165, 1.54) is 19.2 Å². The van der Waals surface area contributed by atoms with E-state index in [9.17, 15) is 9.59 Å². The zero-order valence-electron chi connectivity index (χ0n) is 7.78. The monoisotopic (exact) mass is 223 g/mol. The summed E-state index contributed by atoms with van der Waals surface area (Å²) in [7, 11) is 1.20. The Morgan fingerprint density at radius 1 is 1.60 bits per heavy atom. The molecule has 0 bridgehead atoms. The summed E-state index contributed by atoms with van der Waals surface area (Å²) < 4.78 is 4.47. The summed E-state index contributed by atoms with van der Waals surface area (Å²) in [5.41, 5.74) is 0.172. The fraction of sp³-hybridized carbons (Fsp3) is 0.100. The number of carbonyl (C=O) groups is 2. The normalized spacial score (nSPS) is 9.13. The van der Waals surface area contributed by atoms with E-state index in [4.69, 9.17) is 16.9 Å². The Morgan fingerprint density at radius 2 is 2.27 bits per heavy atom. The standard InChI is InChI=1S/C10H6ClNO3/c1-15-10(14)7-3-2-6(4-12)9(11)8(7)5-13/h2-3,5H,1H3. The first kappa shape index (κ1) is 11.2. The molecule has 1 aromatic rings. The third kappa shape index (κ3) is 1.97. The Hall–Kier alpha value is -1.86. The van der Waals surface area contributed by atoms with Crippen molar-refractivity contribution < 1.29 is 14.3 Å². The lowest BCUT2D eigenvalue weighted by molar-refractivity contribution is 0.0598. The SMILES string of the molecule is COC(=O)c1ccc(C#N)c(Cl)c1C=O. The summed E-state index contributed by atoms with van der Waals surface area (Å²) in [5.74, 6) is -0.663. The average Bonchev–Trinajstić information content (AvgIpc) is 2.27. The average molecular weight is 224 g/mol. The highest BCUT2D eigenvalue weighted by Gasteiger charge is 2.16. The molecule has 0 aliphatic heterocycles. The number of nitriles is 1. The first-order valence-electron chi connectivity index (χ1n) is 3.91. The molecule has 0 radical (unpaired) electrons. The second-order valence-electron chi connectivity index (χ2n) is 2.61. The van der Waals surface area contributed by atoms with Crippen LogP contribution in [0.3, 0.4) is 0 Å². The molecule has 0 saturated carbocycles. The number of rotatable bonds is 2. The van der Waals surface area contributed by atoms with Crippen LogP contribution in [0.4, 0.5) is 0 Å². The number of benzene rings is 1. The maximum atomic E-state index is 11.2. The highest BCUT2D eigenvalue weighted by atomic mass is 35.5. The molecule has 1 aromatic carbocycles. The third-order valence-electron chi connectivity index (χ3n) is 1.82. The minimum absolute atomic E-state index is 0.0254. The van der Waals surface area contributed by atoms with E-state index < -0.39 is 5.97 Å². The van der Waals surface area contributed by atoms with E-state index in [1.807, 2.05) is 6.07 Å². The van der Waals surface area contributed by atoms with Crippen LogP contribution in [0, 0.1) is 11.3 Å². The second-order valence-corrected chi connectivity index (χ2v) is 2.99. The highest BCUT2D eigenvalue weighted by molar-refractivity contribution is 6.34. The Balaban J connectivity index is 3.45. The zero-order chi connectivity index (χ0) is 11.4. The van der Waals surface area contributed by atoms with E-state index in [0.717, 1.165) is 0 Å². The predicted octanol–water partition coefficient (Wildman–Crippen LogP) is 1.81. The van der Waals surface area contributed by atoms with Crippen molar-refractivity contribution in [1.82, 2.24) is 0 Å². The van der Waals surface area contributed by atoms with Gasteiger partial charge in [-0.2, -0.15) is 5.26 Å². The first-order chi connectivity index (χ1) is 7.15. The van der Waals surface area contributed by atoms with Gasteiger partial charge in [-0.25, -0.2) is 4.79 Å². The molecule has 4 nitrogen and oxygen atoms in total. The predicted molar refractivity (Wildman–Crippen MR) is 52.9 cm³/mol. The van der Waals surface area contributed by atoms with Crippen molar-refractivity contribution in [2.45, 2.75) is 0 Å². The number of nitrogens with zero attached hydrogens (tertiary/aromatic N) is 1. The topological polar surface area (TPSA) is 67.2 Å². The molecule has 0 fully saturated rings. The molecule has 0 aromatic heterocycles. The lowest BCUT2D eigenvalue weighted by atomic mass is 10.1. The van der Waals surface area contributed by atoms with Crippen molar-refractivity contribution in [3.63, 3.8) is 0 Å². The van der Waals surface area contributed by atoms with Crippen LogP contribution in [-0.4, -0.2) is 19.4 Å². The summed E-state index contributed by atoms with van der Waals surface area (Å²) in [4.78, 5) is 22.0. The van der Waals surface area contributed by atoms with E-state index in [-0.39, 0.29) is 21.7 Å². The summed E-state index contributed by atoms with van der Waals surface area (Å²) in [6, 6.07) is 4.51. The lowest BCUT2D eigenvalue weighted by Gasteiger charge is -2.05. The highest BCUT2D eigenvalue weighted by Crippen LogP contribution is 2.23. The van der Waals surface area contributed by atoms with Crippen LogP contribution in [0.25, 0.3) is 0 Å². The molecule has 0 aliphatic rings. The number of hydrogen-bond donors (Lipinski definition) is 0. The van der Waals surface area contributed by atoms with Crippen LogP contribution in [0.15, 0.2) is 12.1 Å². The van der Waals surface area contributed by atoms with Crippen molar-refractivity contribution in [3.05, 3.63) is 33.8 Å². The molecule has 0 amide bonds. The van der Waals surface area contributed by atoms with Gasteiger partial charge in [-0.3, -0.25) is 4.79 Å². The molecule has 15 heavy (non-hydrogen) atoms. The van der Waals surface area contributed by atoms with Gasteiger partial charge in [0.25, 0.3) is 0 Å².